The molecular formula is C13H20ClNOS. The molecule has 1 aromatic rings. The largest absolute Gasteiger partial charge is 0.389 e. The molecule has 2 rings (SSSR count). The molecule has 0 aromatic carbocycles. The Kier molecular flexibility index (Phi) is 4.14. The van der Waals surface area contributed by atoms with E-state index in [1.165, 1.54) is 10.4 Å². The monoisotopic (exact) mass is 273 g/mol. The molecule has 1 aliphatic carbocycles. The minimum absolute atomic E-state index is 0.372. The standard InChI is InChI=1S/C13H20ClNOS/c1-3-6-13(2,16)8-15-10-4-5-11-9(10)7-12(14)17-11/h7,10,15-16H,3-6,8H2,1-2H3. The Morgan fingerprint density at radius 2 is 2.41 bits per heavy atom. The lowest BCUT2D eigenvalue weighted by Crippen LogP contribution is -2.38. The number of thiophene rings is 1. The van der Waals surface area contributed by atoms with E-state index in [0.29, 0.717) is 12.6 Å². The summed E-state index contributed by atoms with van der Waals surface area (Å²) in [6, 6.07) is 2.44. The summed E-state index contributed by atoms with van der Waals surface area (Å²) in [4.78, 5) is 1.41. The van der Waals surface area contributed by atoms with Gasteiger partial charge in [-0.3, -0.25) is 0 Å². The Hall–Kier alpha value is -0.0900. The summed E-state index contributed by atoms with van der Waals surface area (Å²) in [5.41, 5.74) is 0.740. The molecule has 2 nitrogen and oxygen atoms in total. The van der Waals surface area contributed by atoms with Crippen LogP contribution in [0.25, 0.3) is 0 Å². The Bertz CT molecular complexity index is 389. The predicted octanol–water partition coefficient (Wildman–Crippen LogP) is 3.53. The summed E-state index contributed by atoms with van der Waals surface area (Å²) in [5, 5.41) is 13.6. The molecule has 96 valence electrons. The van der Waals surface area contributed by atoms with Gasteiger partial charge in [-0.2, -0.15) is 0 Å². The molecule has 0 radical (unpaired) electrons. The van der Waals surface area contributed by atoms with Crippen LogP contribution in [0.2, 0.25) is 4.34 Å². The summed E-state index contributed by atoms with van der Waals surface area (Å²) in [6.45, 7) is 4.65. The molecule has 0 saturated carbocycles. The number of aliphatic hydroxyl groups is 1. The minimum Gasteiger partial charge on any atom is -0.389 e. The van der Waals surface area contributed by atoms with E-state index in [4.69, 9.17) is 11.6 Å². The normalized spacial score (nSPS) is 22.5. The van der Waals surface area contributed by atoms with E-state index in [-0.39, 0.29) is 0 Å². The van der Waals surface area contributed by atoms with Gasteiger partial charge in [0.05, 0.1) is 9.94 Å². The quantitative estimate of drug-likeness (QED) is 0.860. The van der Waals surface area contributed by atoms with Crippen molar-refractivity contribution in [3.8, 4) is 0 Å². The van der Waals surface area contributed by atoms with E-state index in [9.17, 15) is 5.11 Å². The fourth-order valence-corrected chi connectivity index (χ4v) is 3.87. The summed E-state index contributed by atoms with van der Waals surface area (Å²) in [5.74, 6) is 0. The van der Waals surface area contributed by atoms with Gasteiger partial charge in [0.1, 0.15) is 0 Å². The Labute approximate surface area is 112 Å². The van der Waals surface area contributed by atoms with Gasteiger partial charge in [-0.1, -0.05) is 24.9 Å². The zero-order valence-electron chi connectivity index (χ0n) is 10.4. The van der Waals surface area contributed by atoms with Gasteiger partial charge in [0.2, 0.25) is 0 Å². The van der Waals surface area contributed by atoms with Gasteiger partial charge in [0, 0.05) is 17.5 Å². The summed E-state index contributed by atoms with van der Waals surface area (Å²) < 4.78 is 0.877. The fourth-order valence-electron chi connectivity index (χ4n) is 2.51. The summed E-state index contributed by atoms with van der Waals surface area (Å²) in [6.07, 6.45) is 4.08. The number of rotatable bonds is 5. The summed E-state index contributed by atoms with van der Waals surface area (Å²) in [7, 11) is 0. The third-order valence-electron chi connectivity index (χ3n) is 3.37. The predicted molar refractivity (Wildman–Crippen MR) is 73.9 cm³/mol. The first-order valence-electron chi connectivity index (χ1n) is 6.26. The number of halogens is 1. The van der Waals surface area contributed by atoms with Gasteiger partial charge in [-0.15, -0.1) is 11.3 Å². The van der Waals surface area contributed by atoms with E-state index in [1.807, 2.05) is 6.92 Å². The number of aryl methyl sites for hydroxylation is 1. The Morgan fingerprint density at radius 3 is 3.12 bits per heavy atom. The third-order valence-corrected chi connectivity index (χ3v) is 4.70. The molecule has 17 heavy (non-hydrogen) atoms. The molecule has 4 heteroatoms. The van der Waals surface area contributed by atoms with Gasteiger partial charge in [0.15, 0.2) is 0 Å². The maximum atomic E-state index is 10.1. The van der Waals surface area contributed by atoms with Crippen LogP contribution < -0.4 is 5.32 Å². The van der Waals surface area contributed by atoms with Crippen molar-refractivity contribution in [1.29, 1.82) is 0 Å². The van der Waals surface area contributed by atoms with Crippen molar-refractivity contribution in [2.45, 2.75) is 51.2 Å². The lowest BCUT2D eigenvalue weighted by molar-refractivity contribution is 0.0471. The third kappa shape index (κ3) is 3.22. The molecule has 2 unspecified atom stereocenters. The highest BCUT2D eigenvalue weighted by atomic mass is 35.5. The van der Waals surface area contributed by atoms with Crippen molar-refractivity contribution in [1.82, 2.24) is 5.32 Å². The van der Waals surface area contributed by atoms with Crippen molar-refractivity contribution >= 4 is 22.9 Å². The number of nitrogens with one attached hydrogen (secondary N) is 1. The van der Waals surface area contributed by atoms with Gasteiger partial charge < -0.3 is 10.4 Å². The molecule has 1 aliphatic rings. The summed E-state index contributed by atoms with van der Waals surface area (Å²) >= 11 is 7.71. The molecule has 2 N–H and O–H groups in total. The molecule has 0 aliphatic heterocycles. The molecular weight excluding hydrogens is 254 g/mol. The number of fused-ring (bicyclic) bond motifs is 1. The van der Waals surface area contributed by atoms with Crippen LogP contribution in [-0.4, -0.2) is 17.3 Å². The first-order chi connectivity index (χ1) is 8.02. The molecule has 0 spiro atoms. The molecule has 0 amide bonds. The molecule has 1 heterocycles. The van der Waals surface area contributed by atoms with E-state index < -0.39 is 5.60 Å². The van der Waals surface area contributed by atoms with Crippen LogP contribution in [0.15, 0.2) is 6.07 Å². The minimum atomic E-state index is -0.600. The lowest BCUT2D eigenvalue weighted by atomic mass is 10.00. The first-order valence-corrected chi connectivity index (χ1v) is 7.45. The van der Waals surface area contributed by atoms with Crippen molar-refractivity contribution in [3.05, 3.63) is 20.8 Å². The number of hydrogen-bond donors (Lipinski definition) is 2. The van der Waals surface area contributed by atoms with Gasteiger partial charge in [0.25, 0.3) is 0 Å². The van der Waals surface area contributed by atoms with Gasteiger partial charge in [-0.05, 0) is 37.8 Å². The highest BCUT2D eigenvalue weighted by Crippen LogP contribution is 2.39. The molecule has 0 bridgehead atoms. The second kappa shape index (κ2) is 5.27. The number of hydrogen-bond acceptors (Lipinski definition) is 3. The van der Waals surface area contributed by atoms with Gasteiger partial charge >= 0.3 is 0 Å². The molecule has 1 aromatic heterocycles. The van der Waals surface area contributed by atoms with Crippen LogP contribution in [-0.2, 0) is 6.42 Å². The second-order valence-electron chi connectivity index (χ2n) is 5.15. The first kappa shape index (κ1) is 13.3. The van der Waals surface area contributed by atoms with Crippen LogP contribution in [0.1, 0.15) is 49.6 Å². The average molecular weight is 274 g/mol. The van der Waals surface area contributed by atoms with Gasteiger partial charge in [-0.25, -0.2) is 0 Å². The van der Waals surface area contributed by atoms with Crippen molar-refractivity contribution in [2.75, 3.05) is 6.54 Å². The second-order valence-corrected chi connectivity index (χ2v) is 6.92. The maximum absolute atomic E-state index is 10.1. The highest BCUT2D eigenvalue weighted by Gasteiger charge is 2.27. The van der Waals surface area contributed by atoms with Crippen LogP contribution in [0.5, 0.6) is 0 Å². The molecule has 0 saturated heterocycles. The van der Waals surface area contributed by atoms with Crippen LogP contribution >= 0.6 is 22.9 Å². The van der Waals surface area contributed by atoms with E-state index >= 15 is 0 Å². The topological polar surface area (TPSA) is 32.3 Å². The zero-order valence-corrected chi connectivity index (χ0v) is 12.0. The smallest absolute Gasteiger partial charge is 0.0934 e. The van der Waals surface area contributed by atoms with Crippen LogP contribution in [0.3, 0.4) is 0 Å². The van der Waals surface area contributed by atoms with Crippen molar-refractivity contribution in [2.24, 2.45) is 0 Å². The zero-order chi connectivity index (χ0) is 12.5. The average Bonchev–Trinajstić information content (AvgIpc) is 2.74. The van der Waals surface area contributed by atoms with Crippen LogP contribution in [0, 0.1) is 0 Å². The van der Waals surface area contributed by atoms with Crippen molar-refractivity contribution < 1.29 is 5.11 Å². The maximum Gasteiger partial charge on any atom is 0.0934 e. The van der Waals surface area contributed by atoms with Crippen molar-refractivity contribution in [3.63, 3.8) is 0 Å². The molecule has 2 atom stereocenters. The van der Waals surface area contributed by atoms with Crippen LogP contribution in [0.4, 0.5) is 0 Å². The van der Waals surface area contributed by atoms with E-state index in [0.717, 1.165) is 30.0 Å². The Morgan fingerprint density at radius 1 is 1.65 bits per heavy atom. The van der Waals surface area contributed by atoms with E-state index in [1.54, 1.807) is 11.3 Å². The highest BCUT2D eigenvalue weighted by molar-refractivity contribution is 7.16. The lowest BCUT2D eigenvalue weighted by Gasteiger charge is -2.25. The van der Waals surface area contributed by atoms with E-state index in [2.05, 4.69) is 18.3 Å². The Balaban J connectivity index is 1.93. The fraction of sp³-hybridized carbons (Fsp3) is 0.692. The molecule has 0 fully saturated rings. The SMILES string of the molecule is CCCC(C)(O)CNC1CCc2sc(Cl)cc21.